The maximum Gasteiger partial charge on any atom is 0.337 e. The van der Waals surface area contributed by atoms with Gasteiger partial charge in [0.15, 0.2) is 0 Å². The molecule has 1 heterocycles. The second-order valence-electron chi connectivity index (χ2n) is 8.33. The molecule has 1 saturated carbocycles. The maximum absolute atomic E-state index is 12.6. The Morgan fingerprint density at radius 1 is 1.00 bits per heavy atom. The summed E-state index contributed by atoms with van der Waals surface area (Å²) in [6.07, 6.45) is 7.05. The highest BCUT2D eigenvalue weighted by Crippen LogP contribution is 2.37. The molecule has 0 bridgehead atoms. The van der Waals surface area contributed by atoms with Crippen LogP contribution in [0.5, 0.6) is 0 Å². The number of nitrogens with one attached hydrogen (secondary N) is 1. The third-order valence-corrected chi connectivity index (χ3v) is 6.44. The van der Waals surface area contributed by atoms with Crippen molar-refractivity contribution in [2.45, 2.75) is 51.1 Å². The van der Waals surface area contributed by atoms with Gasteiger partial charge in [0.2, 0.25) is 5.91 Å². The zero-order valence-electron chi connectivity index (χ0n) is 17.9. The molecular weight excluding hydrogens is 384 g/mol. The zero-order chi connectivity index (χ0) is 21.5. The number of esters is 2. The molecule has 2 atom stereocenters. The largest absolute Gasteiger partial charge is 0.468 e. The first-order valence-corrected chi connectivity index (χ1v) is 10.8. The normalized spacial score (nSPS) is 22.5. The number of carbonyl (C=O) groups excluding carboxylic acids is 3. The van der Waals surface area contributed by atoms with Gasteiger partial charge in [0.1, 0.15) is 6.04 Å². The van der Waals surface area contributed by atoms with E-state index < -0.39 is 0 Å². The van der Waals surface area contributed by atoms with Crippen LogP contribution in [0.2, 0.25) is 0 Å². The number of hydrogen-bond donors (Lipinski definition) is 1. The fraction of sp³-hybridized carbons (Fsp3) is 0.609. The molecule has 7 heteroatoms. The molecule has 2 fully saturated rings. The van der Waals surface area contributed by atoms with Gasteiger partial charge in [-0.2, -0.15) is 0 Å². The standard InChI is InChI=1S/C23H32N2O5/c1-29-22(27)18-10-8-16(9-11-18)13-24-21(26)15-25-14-19(12-20(25)23(28)30-2)17-6-4-3-5-7-17/h8-11,17,19-20H,3-7,12-15H2,1-2H3,(H,24,26)/t19-,20-/m1/s1. The molecule has 0 aromatic heterocycles. The van der Waals surface area contributed by atoms with Crippen molar-refractivity contribution in [3.05, 3.63) is 35.4 Å². The van der Waals surface area contributed by atoms with Crippen LogP contribution >= 0.6 is 0 Å². The number of hydrogen-bond acceptors (Lipinski definition) is 6. The van der Waals surface area contributed by atoms with Crippen LogP contribution in [0.1, 0.15) is 54.4 Å². The molecule has 1 aromatic rings. The van der Waals surface area contributed by atoms with Crippen molar-refractivity contribution >= 4 is 17.8 Å². The minimum atomic E-state index is -0.388. The minimum absolute atomic E-state index is 0.120. The zero-order valence-corrected chi connectivity index (χ0v) is 17.9. The van der Waals surface area contributed by atoms with E-state index in [2.05, 4.69) is 10.1 Å². The number of methoxy groups -OCH3 is 2. The average molecular weight is 417 g/mol. The van der Waals surface area contributed by atoms with Crippen molar-refractivity contribution in [2.75, 3.05) is 27.3 Å². The van der Waals surface area contributed by atoms with Crippen LogP contribution in [-0.2, 0) is 25.6 Å². The molecule has 0 radical (unpaired) electrons. The number of amides is 1. The molecule has 2 aliphatic rings. The Bertz CT molecular complexity index is 742. The molecule has 1 aliphatic carbocycles. The molecule has 3 rings (SSSR count). The highest BCUT2D eigenvalue weighted by molar-refractivity contribution is 5.89. The topological polar surface area (TPSA) is 84.9 Å². The average Bonchev–Trinajstić information content (AvgIpc) is 3.21. The van der Waals surface area contributed by atoms with Gasteiger partial charge < -0.3 is 14.8 Å². The molecule has 7 nitrogen and oxygen atoms in total. The number of ether oxygens (including phenoxy) is 2. The van der Waals surface area contributed by atoms with E-state index in [0.29, 0.717) is 23.9 Å². The van der Waals surface area contributed by atoms with Gasteiger partial charge in [0.25, 0.3) is 0 Å². The molecule has 30 heavy (non-hydrogen) atoms. The van der Waals surface area contributed by atoms with Gasteiger partial charge in [0, 0.05) is 13.1 Å². The van der Waals surface area contributed by atoms with Crippen LogP contribution in [0.3, 0.4) is 0 Å². The smallest absolute Gasteiger partial charge is 0.337 e. The first-order valence-electron chi connectivity index (χ1n) is 10.8. The molecule has 1 aliphatic heterocycles. The molecular formula is C23H32N2O5. The number of rotatable bonds is 7. The molecule has 0 spiro atoms. The van der Waals surface area contributed by atoms with Crippen LogP contribution in [0, 0.1) is 11.8 Å². The summed E-state index contributed by atoms with van der Waals surface area (Å²) in [5, 5.41) is 2.91. The first kappa shape index (κ1) is 22.3. The summed E-state index contributed by atoms with van der Waals surface area (Å²) in [6.45, 7) is 1.32. The van der Waals surface area contributed by atoms with Gasteiger partial charge >= 0.3 is 11.9 Å². The van der Waals surface area contributed by atoms with Crippen molar-refractivity contribution in [3.8, 4) is 0 Å². The lowest BCUT2D eigenvalue weighted by Crippen LogP contribution is -2.43. The first-order chi connectivity index (χ1) is 14.5. The fourth-order valence-corrected chi connectivity index (χ4v) is 4.76. The van der Waals surface area contributed by atoms with Crippen molar-refractivity contribution < 1.29 is 23.9 Å². The van der Waals surface area contributed by atoms with E-state index in [1.165, 1.54) is 46.3 Å². The number of nitrogens with zero attached hydrogens (tertiary/aromatic N) is 1. The Labute approximate surface area is 178 Å². The molecule has 0 unspecified atom stereocenters. The lowest BCUT2D eigenvalue weighted by atomic mass is 9.79. The van der Waals surface area contributed by atoms with Crippen molar-refractivity contribution in [2.24, 2.45) is 11.8 Å². The van der Waals surface area contributed by atoms with Crippen molar-refractivity contribution in [3.63, 3.8) is 0 Å². The fourth-order valence-electron chi connectivity index (χ4n) is 4.76. The quantitative estimate of drug-likeness (QED) is 0.688. The summed E-state index contributed by atoms with van der Waals surface area (Å²) in [6, 6.07) is 6.59. The van der Waals surface area contributed by atoms with Gasteiger partial charge in [-0.1, -0.05) is 44.2 Å². The third kappa shape index (κ3) is 5.59. The van der Waals surface area contributed by atoms with Gasteiger partial charge in [0.05, 0.1) is 26.3 Å². The Morgan fingerprint density at radius 3 is 2.33 bits per heavy atom. The van der Waals surface area contributed by atoms with E-state index in [9.17, 15) is 14.4 Å². The van der Waals surface area contributed by atoms with Crippen LogP contribution in [-0.4, -0.2) is 56.1 Å². The monoisotopic (exact) mass is 416 g/mol. The minimum Gasteiger partial charge on any atom is -0.468 e. The summed E-state index contributed by atoms with van der Waals surface area (Å²) in [4.78, 5) is 38.3. The van der Waals surface area contributed by atoms with Crippen LogP contribution < -0.4 is 5.32 Å². The maximum atomic E-state index is 12.6. The molecule has 1 aromatic carbocycles. The molecule has 164 valence electrons. The Morgan fingerprint density at radius 2 is 1.70 bits per heavy atom. The van der Waals surface area contributed by atoms with E-state index in [1.54, 1.807) is 24.3 Å². The summed E-state index contributed by atoms with van der Waals surface area (Å²) in [7, 11) is 2.75. The number of benzene rings is 1. The summed E-state index contributed by atoms with van der Waals surface area (Å²) in [5.41, 5.74) is 1.36. The highest BCUT2D eigenvalue weighted by Gasteiger charge is 2.41. The van der Waals surface area contributed by atoms with Gasteiger partial charge in [-0.25, -0.2) is 4.79 Å². The number of likely N-dealkylation sites (tertiary alicyclic amines) is 1. The lowest BCUT2D eigenvalue weighted by molar-refractivity contribution is -0.146. The Hall–Kier alpha value is -2.41. The van der Waals surface area contributed by atoms with Crippen LogP contribution in [0.4, 0.5) is 0 Å². The van der Waals surface area contributed by atoms with E-state index >= 15 is 0 Å². The number of carbonyl (C=O) groups is 3. The Balaban J connectivity index is 1.54. The van der Waals surface area contributed by atoms with E-state index in [0.717, 1.165) is 18.5 Å². The predicted molar refractivity (Wildman–Crippen MR) is 112 cm³/mol. The van der Waals surface area contributed by atoms with E-state index in [1.807, 2.05) is 4.90 Å². The van der Waals surface area contributed by atoms with Crippen molar-refractivity contribution in [1.82, 2.24) is 10.2 Å². The Kier molecular flexibility index (Phi) is 7.85. The molecule has 1 saturated heterocycles. The molecule has 1 N–H and O–H groups in total. The van der Waals surface area contributed by atoms with Gasteiger partial charge in [-0.15, -0.1) is 0 Å². The van der Waals surface area contributed by atoms with E-state index in [4.69, 9.17) is 4.74 Å². The SMILES string of the molecule is COC(=O)c1ccc(CNC(=O)CN2C[C@H](C3CCCCC3)C[C@@H]2C(=O)OC)cc1. The van der Waals surface area contributed by atoms with Gasteiger partial charge in [-0.05, 0) is 36.0 Å². The second kappa shape index (κ2) is 10.6. The van der Waals surface area contributed by atoms with Crippen LogP contribution in [0.25, 0.3) is 0 Å². The van der Waals surface area contributed by atoms with Crippen molar-refractivity contribution in [1.29, 1.82) is 0 Å². The third-order valence-electron chi connectivity index (χ3n) is 6.44. The predicted octanol–water partition coefficient (Wildman–Crippen LogP) is 2.53. The highest BCUT2D eigenvalue weighted by atomic mass is 16.5. The summed E-state index contributed by atoms with van der Waals surface area (Å²) >= 11 is 0. The summed E-state index contributed by atoms with van der Waals surface area (Å²) < 4.78 is 9.69. The molecule has 1 amide bonds. The second-order valence-corrected chi connectivity index (χ2v) is 8.33. The summed E-state index contributed by atoms with van der Waals surface area (Å²) in [5.74, 6) is 0.339. The van der Waals surface area contributed by atoms with Crippen LogP contribution in [0.15, 0.2) is 24.3 Å². The lowest BCUT2D eigenvalue weighted by Gasteiger charge is -2.27. The van der Waals surface area contributed by atoms with E-state index in [-0.39, 0.29) is 30.4 Å². The van der Waals surface area contributed by atoms with Gasteiger partial charge in [-0.3, -0.25) is 14.5 Å².